The van der Waals surface area contributed by atoms with Gasteiger partial charge in [-0.1, -0.05) is 0 Å². The number of rotatable bonds is 9. The van der Waals surface area contributed by atoms with Crippen molar-refractivity contribution in [2.24, 2.45) is 0 Å². The van der Waals surface area contributed by atoms with E-state index in [0.29, 0.717) is 24.6 Å². The van der Waals surface area contributed by atoms with Crippen LogP contribution in [0.4, 0.5) is 0 Å². The normalized spacial score (nSPS) is 20.6. The molecular formula is C25H30Cl2O5. The number of ether oxygens (including phenoxy) is 3. The van der Waals surface area contributed by atoms with E-state index in [9.17, 15) is 10.2 Å². The molecule has 2 N–H and O–H groups in total. The van der Waals surface area contributed by atoms with Gasteiger partial charge in [0.25, 0.3) is 0 Å². The summed E-state index contributed by atoms with van der Waals surface area (Å²) < 4.78 is 18.6. The summed E-state index contributed by atoms with van der Waals surface area (Å²) in [6.07, 6.45) is 1.31. The first-order valence-electron chi connectivity index (χ1n) is 11.2. The fourth-order valence-corrected chi connectivity index (χ4v) is 4.75. The van der Waals surface area contributed by atoms with E-state index in [4.69, 9.17) is 37.4 Å². The Hall–Kier alpha value is -1.50. The van der Waals surface area contributed by atoms with Gasteiger partial charge in [-0.3, -0.25) is 4.74 Å². The molecule has 4 unspecified atom stereocenters. The van der Waals surface area contributed by atoms with Crippen LogP contribution in [0, 0.1) is 13.8 Å². The molecule has 4 atom stereocenters. The molecule has 2 aliphatic rings. The van der Waals surface area contributed by atoms with Crippen LogP contribution in [-0.2, 0) is 4.74 Å². The maximum atomic E-state index is 10.6. The average molecular weight is 481 g/mol. The van der Waals surface area contributed by atoms with Crippen LogP contribution in [-0.4, -0.2) is 22.0 Å². The first-order valence-corrected chi connectivity index (χ1v) is 12.3. The number of halogens is 2. The molecule has 2 bridgehead atoms. The van der Waals surface area contributed by atoms with Gasteiger partial charge in [0, 0.05) is 11.8 Å². The zero-order valence-electron chi connectivity index (χ0n) is 18.4. The second kappa shape index (κ2) is 10.2. The van der Waals surface area contributed by atoms with Crippen LogP contribution < -0.4 is 9.47 Å². The van der Waals surface area contributed by atoms with Gasteiger partial charge in [0.1, 0.15) is 11.5 Å². The molecule has 174 valence electrons. The SMILES string of the molecule is Cc1cc(C(O)CCCCl)cc2c1OC1OC2Oc2c(C)cc(C(O)CCCCCl)cc21. The summed E-state index contributed by atoms with van der Waals surface area (Å²) in [7, 11) is 0. The van der Waals surface area contributed by atoms with E-state index in [1.807, 2.05) is 38.1 Å². The van der Waals surface area contributed by atoms with E-state index in [0.717, 1.165) is 64.1 Å². The summed E-state index contributed by atoms with van der Waals surface area (Å²) in [4.78, 5) is 0. The Morgan fingerprint density at radius 3 is 1.69 bits per heavy atom. The van der Waals surface area contributed by atoms with Crippen LogP contribution in [0.2, 0.25) is 0 Å². The molecule has 32 heavy (non-hydrogen) atoms. The van der Waals surface area contributed by atoms with Gasteiger partial charge in [-0.2, -0.15) is 0 Å². The van der Waals surface area contributed by atoms with Crippen LogP contribution in [0.1, 0.15) is 90.3 Å². The molecule has 0 saturated carbocycles. The molecule has 7 heteroatoms. The summed E-state index contributed by atoms with van der Waals surface area (Å²) in [6, 6.07) is 7.72. The van der Waals surface area contributed by atoms with Gasteiger partial charge in [-0.25, -0.2) is 0 Å². The minimum atomic E-state index is -0.617. The maximum Gasteiger partial charge on any atom is 0.233 e. The van der Waals surface area contributed by atoms with Gasteiger partial charge in [-0.15, -0.1) is 23.2 Å². The summed E-state index contributed by atoms with van der Waals surface area (Å²) in [5.74, 6) is 2.55. The van der Waals surface area contributed by atoms with Crippen molar-refractivity contribution < 1.29 is 24.4 Å². The number of fused-ring (bicyclic) bond motifs is 6. The van der Waals surface area contributed by atoms with Crippen LogP contribution in [0.25, 0.3) is 0 Å². The predicted octanol–water partition coefficient (Wildman–Crippen LogP) is 6.30. The molecular weight excluding hydrogens is 451 g/mol. The highest BCUT2D eigenvalue weighted by Crippen LogP contribution is 2.50. The van der Waals surface area contributed by atoms with E-state index < -0.39 is 24.8 Å². The fourth-order valence-electron chi connectivity index (χ4n) is 4.41. The van der Waals surface area contributed by atoms with Crippen molar-refractivity contribution in [1.82, 2.24) is 0 Å². The molecule has 5 nitrogen and oxygen atoms in total. The molecule has 4 rings (SSSR count). The lowest BCUT2D eigenvalue weighted by molar-refractivity contribution is -0.228. The summed E-state index contributed by atoms with van der Waals surface area (Å²) in [6.45, 7) is 3.92. The van der Waals surface area contributed by atoms with Gasteiger partial charge < -0.3 is 19.7 Å². The fraction of sp³-hybridized carbons (Fsp3) is 0.520. The number of aryl methyl sites for hydroxylation is 2. The van der Waals surface area contributed by atoms with E-state index in [1.54, 1.807) is 0 Å². The molecule has 2 heterocycles. The second-order valence-electron chi connectivity index (χ2n) is 8.60. The van der Waals surface area contributed by atoms with Crippen molar-refractivity contribution >= 4 is 23.2 Å². The highest BCUT2D eigenvalue weighted by Gasteiger charge is 2.40. The molecule has 2 aromatic carbocycles. The standard InChI is InChI=1S/C25H30Cl2O5/c1-14-10-16(20(28)6-3-4-8-26)12-18-22(14)30-25-19-13-17(21(29)7-5-9-27)11-15(2)23(19)31-24(18)32-25/h10-13,20-21,24-25,28-29H,3-9H2,1-2H3. The molecule has 2 aliphatic heterocycles. The zero-order chi connectivity index (χ0) is 22.8. The Balaban J connectivity index is 1.62. The third kappa shape index (κ3) is 4.73. The second-order valence-corrected chi connectivity index (χ2v) is 9.35. The monoisotopic (exact) mass is 480 g/mol. The number of benzene rings is 2. The molecule has 0 saturated heterocycles. The molecule has 0 aromatic heterocycles. The largest absolute Gasteiger partial charge is 0.459 e. The first-order chi connectivity index (χ1) is 15.4. The summed E-state index contributed by atoms with van der Waals surface area (Å²) >= 11 is 11.5. The summed E-state index contributed by atoms with van der Waals surface area (Å²) in [5.41, 5.74) is 5.03. The van der Waals surface area contributed by atoms with Gasteiger partial charge >= 0.3 is 0 Å². The minimum Gasteiger partial charge on any atom is -0.459 e. The van der Waals surface area contributed by atoms with Crippen molar-refractivity contribution in [3.8, 4) is 11.5 Å². The van der Waals surface area contributed by atoms with Crippen molar-refractivity contribution in [3.05, 3.63) is 57.6 Å². The lowest BCUT2D eigenvalue weighted by Crippen LogP contribution is -2.31. The number of unbranched alkanes of at least 4 members (excludes halogenated alkanes) is 1. The molecule has 0 aliphatic carbocycles. The number of alkyl halides is 2. The summed E-state index contributed by atoms with van der Waals surface area (Å²) in [5, 5.41) is 21.2. The Labute approximate surface area is 199 Å². The first kappa shape index (κ1) is 23.7. The lowest BCUT2D eigenvalue weighted by Gasteiger charge is -2.39. The smallest absolute Gasteiger partial charge is 0.233 e. The molecule has 0 fully saturated rings. The minimum absolute atomic E-state index is 0.514. The topological polar surface area (TPSA) is 68.2 Å². The van der Waals surface area contributed by atoms with Crippen molar-refractivity contribution in [2.45, 2.75) is 70.7 Å². The number of hydrogen-bond acceptors (Lipinski definition) is 5. The van der Waals surface area contributed by atoms with Crippen LogP contribution in [0.3, 0.4) is 0 Å². The van der Waals surface area contributed by atoms with E-state index >= 15 is 0 Å². The molecule has 2 aromatic rings. The van der Waals surface area contributed by atoms with E-state index in [-0.39, 0.29) is 0 Å². The van der Waals surface area contributed by atoms with Gasteiger partial charge in [0.2, 0.25) is 12.6 Å². The number of hydrogen-bond donors (Lipinski definition) is 2. The number of aliphatic hydroxyl groups excluding tert-OH is 2. The predicted molar refractivity (Wildman–Crippen MR) is 125 cm³/mol. The molecule has 0 spiro atoms. The van der Waals surface area contributed by atoms with E-state index in [2.05, 4.69) is 0 Å². The van der Waals surface area contributed by atoms with Gasteiger partial charge in [-0.05, 0) is 92.5 Å². The van der Waals surface area contributed by atoms with Crippen molar-refractivity contribution in [2.75, 3.05) is 11.8 Å². The Kier molecular flexibility index (Phi) is 7.53. The van der Waals surface area contributed by atoms with Crippen LogP contribution >= 0.6 is 23.2 Å². The Morgan fingerprint density at radius 2 is 1.22 bits per heavy atom. The Bertz CT molecular complexity index is 964. The third-order valence-electron chi connectivity index (χ3n) is 6.10. The van der Waals surface area contributed by atoms with Crippen molar-refractivity contribution in [1.29, 1.82) is 0 Å². The average Bonchev–Trinajstić information content (AvgIpc) is 2.78. The van der Waals surface area contributed by atoms with Crippen LogP contribution in [0.15, 0.2) is 24.3 Å². The zero-order valence-corrected chi connectivity index (χ0v) is 20.0. The van der Waals surface area contributed by atoms with E-state index in [1.165, 1.54) is 0 Å². The van der Waals surface area contributed by atoms with Gasteiger partial charge in [0.15, 0.2) is 0 Å². The highest BCUT2D eigenvalue weighted by atomic mass is 35.5. The van der Waals surface area contributed by atoms with Gasteiger partial charge in [0.05, 0.1) is 23.3 Å². The lowest BCUT2D eigenvalue weighted by atomic mass is 9.95. The number of aliphatic hydroxyl groups is 2. The molecule has 0 radical (unpaired) electrons. The Morgan fingerprint density at radius 1 is 0.750 bits per heavy atom. The maximum absolute atomic E-state index is 10.6. The third-order valence-corrected chi connectivity index (χ3v) is 6.63. The molecule has 0 amide bonds. The van der Waals surface area contributed by atoms with Crippen LogP contribution in [0.5, 0.6) is 11.5 Å². The van der Waals surface area contributed by atoms with Crippen molar-refractivity contribution in [3.63, 3.8) is 0 Å². The highest BCUT2D eigenvalue weighted by molar-refractivity contribution is 6.18. The quantitative estimate of drug-likeness (QED) is 0.325.